The fourth-order valence-electron chi connectivity index (χ4n) is 3.63. The second-order valence-electron chi connectivity index (χ2n) is 6.00. The topological polar surface area (TPSA) is 92.3 Å². The molecule has 2 aromatic rings. The third kappa shape index (κ3) is 1.81. The van der Waals surface area contributed by atoms with Gasteiger partial charge in [0, 0.05) is 25.2 Å². The number of aromatic nitrogens is 4. The smallest absolute Gasteiger partial charge is 0.348 e. The summed E-state index contributed by atoms with van der Waals surface area (Å²) >= 11 is 0. The van der Waals surface area contributed by atoms with Crippen molar-refractivity contribution in [2.24, 2.45) is 17.6 Å². The molecule has 2 aromatic heterocycles. The molecule has 106 valence electrons. The van der Waals surface area contributed by atoms with Crippen LogP contribution in [-0.4, -0.2) is 38.7 Å². The maximum atomic E-state index is 11.4. The van der Waals surface area contributed by atoms with Crippen LogP contribution in [-0.2, 0) is 0 Å². The van der Waals surface area contributed by atoms with Gasteiger partial charge in [-0.1, -0.05) is 0 Å². The number of nitrogens with zero attached hydrogens (tertiary/aromatic N) is 4. The van der Waals surface area contributed by atoms with E-state index in [2.05, 4.69) is 20.1 Å². The third-order valence-electron chi connectivity index (χ3n) is 4.71. The largest absolute Gasteiger partial charge is 0.356 e. The molecule has 0 aromatic carbocycles. The molecule has 20 heavy (non-hydrogen) atoms. The average Bonchev–Trinajstić information content (AvgIpc) is 3.02. The summed E-state index contributed by atoms with van der Waals surface area (Å²) in [6.45, 7) is 2.05. The van der Waals surface area contributed by atoms with E-state index in [9.17, 15) is 4.79 Å². The Labute approximate surface area is 115 Å². The van der Waals surface area contributed by atoms with Crippen LogP contribution in [0.1, 0.15) is 19.3 Å². The van der Waals surface area contributed by atoms with E-state index in [1.807, 2.05) is 6.07 Å². The summed E-state index contributed by atoms with van der Waals surface area (Å²) in [5.41, 5.74) is 6.43. The van der Waals surface area contributed by atoms with E-state index in [0.29, 0.717) is 17.6 Å². The van der Waals surface area contributed by atoms with Crippen molar-refractivity contribution in [3.63, 3.8) is 0 Å². The van der Waals surface area contributed by atoms with Crippen LogP contribution >= 0.6 is 0 Å². The van der Waals surface area contributed by atoms with E-state index in [0.717, 1.165) is 37.7 Å². The predicted molar refractivity (Wildman–Crippen MR) is 74.6 cm³/mol. The lowest BCUT2D eigenvalue weighted by Crippen LogP contribution is -2.32. The van der Waals surface area contributed by atoms with Gasteiger partial charge in [-0.3, -0.25) is 0 Å². The molecule has 0 radical (unpaired) electrons. The van der Waals surface area contributed by atoms with Crippen molar-refractivity contribution in [2.45, 2.75) is 25.3 Å². The normalized spacial score (nSPS) is 29.9. The van der Waals surface area contributed by atoms with Gasteiger partial charge < -0.3 is 10.6 Å². The molecule has 0 bridgehead atoms. The molecule has 1 saturated carbocycles. The molecule has 1 aliphatic heterocycles. The fourth-order valence-corrected chi connectivity index (χ4v) is 3.63. The molecule has 3 N–H and O–H groups in total. The van der Waals surface area contributed by atoms with Crippen molar-refractivity contribution in [3.8, 4) is 0 Å². The van der Waals surface area contributed by atoms with Crippen LogP contribution in [0.15, 0.2) is 17.2 Å². The van der Waals surface area contributed by atoms with Crippen LogP contribution in [0.5, 0.6) is 0 Å². The monoisotopic (exact) mass is 274 g/mol. The Morgan fingerprint density at radius 3 is 3.05 bits per heavy atom. The third-order valence-corrected chi connectivity index (χ3v) is 4.71. The first-order chi connectivity index (χ1) is 9.70. The van der Waals surface area contributed by atoms with Crippen molar-refractivity contribution < 1.29 is 0 Å². The molecule has 0 spiro atoms. The molecule has 1 saturated heterocycles. The second kappa shape index (κ2) is 4.31. The number of anilines is 1. The minimum Gasteiger partial charge on any atom is -0.356 e. The average molecular weight is 274 g/mol. The van der Waals surface area contributed by atoms with Crippen molar-refractivity contribution in [1.82, 2.24) is 19.6 Å². The maximum Gasteiger partial charge on any atom is 0.348 e. The first kappa shape index (κ1) is 11.9. The van der Waals surface area contributed by atoms with Crippen LogP contribution in [0.3, 0.4) is 0 Å². The highest BCUT2D eigenvalue weighted by molar-refractivity contribution is 5.51. The molecular weight excluding hydrogens is 256 g/mol. The van der Waals surface area contributed by atoms with Crippen LogP contribution < -0.4 is 16.3 Å². The number of nitrogens with one attached hydrogen (secondary N) is 1. The summed E-state index contributed by atoms with van der Waals surface area (Å²) in [6.07, 6.45) is 5.01. The SMILES string of the molecule is NC1CC[C@@H]2CN(c3cc4n[nH]c(=O)n4cn3)C[C@@H]2C1. The summed E-state index contributed by atoms with van der Waals surface area (Å²) in [5, 5.41) is 6.42. The number of hydrogen-bond acceptors (Lipinski definition) is 5. The van der Waals surface area contributed by atoms with Gasteiger partial charge in [-0.15, -0.1) is 0 Å². The summed E-state index contributed by atoms with van der Waals surface area (Å²) in [7, 11) is 0. The molecule has 7 nitrogen and oxygen atoms in total. The number of nitrogens with two attached hydrogens (primary N) is 1. The highest BCUT2D eigenvalue weighted by atomic mass is 16.1. The summed E-state index contributed by atoms with van der Waals surface area (Å²) < 4.78 is 1.42. The molecule has 3 atom stereocenters. The minimum absolute atomic E-state index is 0.250. The van der Waals surface area contributed by atoms with Gasteiger partial charge in [0.2, 0.25) is 0 Å². The van der Waals surface area contributed by atoms with Crippen LogP contribution in [0, 0.1) is 11.8 Å². The van der Waals surface area contributed by atoms with Crippen molar-refractivity contribution in [3.05, 3.63) is 22.9 Å². The zero-order valence-electron chi connectivity index (χ0n) is 11.2. The van der Waals surface area contributed by atoms with E-state index in [1.165, 1.54) is 10.8 Å². The van der Waals surface area contributed by atoms with Crippen LogP contribution in [0.4, 0.5) is 5.82 Å². The fraction of sp³-hybridized carbons (Fsp3) is 0.615. The van der Waals surface area contributed by atoms with E-state index in [-0.39, 0.29) is 5.69 Å². The van der Waals surface area contributed by atoms with Gasteiger partial charge in [0.15, 0.2) is 5.65 Å². The standard InChI is InChI=1S/C13H18N6O/c14-10-2-1-8-5-18(6-9(8)3-10)11-4-12-16-17-13(20)19(12)7-15-11/h4,7-10H,1-3,5-6,14H2,(H,17,20)/t8-,9+,10?/m1/s1. The molecule has 0 amide bonds. The van der Waals surface area contributed by atoms with Crippen LogP contribution in [0.25, 0.3) is 5.65 Å². The number of rotatable bonds is 1. The summed E-state index contributed by atoms with van der Waals surface area (Å²) in [5.74, 6) is 2.31. The van der Waals surface area contributed by atoms with E-state index in [4.69, 9.17) is 5.73 Å². The van der Waals surface area contributed by atoms with Gasteiger partial charge in [0.1, 0.15) is 12.1 Å². The highest BCUT2D eigenvalue weighted by Gasteiger charge is 2.37. The predicted octanol–water partition coefficient (Wildman–Crippen LogP) is -0.0188. The molecule has 7 heteroatoms. The van der Waals surface area contributed by atoms with Crippen LogP contribution in [0.2, 0.25) is 0 Å². The van der Waals surface area contributed by atoms with Gasteiger partial charge in [-0.05, 0) is 31.1 Å². The van der Waals surface area contributed by atoms with Gasteiger partial charge in [-0.25, -0.2) is 19.3 Å². The lowest BCUT2D eigenvalue weighted by molar-refractivity contribution is 0.271. The molecule has 1 aliphatic carbocycles. The Hall–Kier alpha value is -1.89. The van der Waals surface area contributed by atoms with E-state index >= 15 is 0 Å². The Morgan fingerprint density at radius 2 is 2.15 bits per heavy atom. The van der Waals surface area contributed by atoms with Crippen molar-refractivity contribution in [2.75, 3.05) is 18.0 Å². The summed E-state index contributed by atoms with van der Waals surface area (Å²) in [4.78, 5) is 18.1. The zero-order valence-corrected chi connectivity index (χ0v) is 11.2. The van der Waals surface area contributed by atoms with Crippen molar-refractivity contribution in [1.29, 1.82) is 0 Å². The molecule has 4 rings (SSSR count). The minimum atomic E-state index is -0.250. The number of aromatic amines is 1. The van der Waals surface area contributed by atoms with Gasteiger partial charge >= 0.3 is 5.69 Å². The highest BCUT2D eigenvalue weighted by Crippen LogP contribution is 2.37. The molecule has 1 unspecified atom stereocenters. The quantitative estimate of drug-likeness (QED) is 0.762. The van der Waals surface area contributed by atoms with E-state index < -0.39 is 0 Å². The Kier molecular flexibility index (Phi) is 2.56. The maximum absolute atomic E-state index is 11.4. The molecular formula is C13H18N6O. The number of fused-ring (bicyclic) bond motifs is 2. The Balaban J connectivity index is 1.62. The molecule has 2 aliphatic rings. The lowest BCUT2D eigenvalue weighted by Gasteiger charge is -2.27. The molecule has 2 fully saturated rings. The molecule has 3 heterocycles. The number of hydrogen-bond donors (Lipinski definition) is 2. The second-order valence-corrected chi connectivity index (χ2v) is 6.00. The number of H-pyrrole nitrogens is 1. The zero-order chi connectivity index (χ0) is 13.7. The van der Waals surface area contributed by atoms with Gasteiger partial charge in [-0.2, -0.15) is 5.10 Å². The Morgan fingerprint density at radius 1 is 1.30 bits per heavy atom. The Bertz CT molecular complexity index is 691. The van der Waals surface area contributed by atoms with E-state index in [1.54, 1.807) is 6.33 Å². The van der Waals surface area contributed by atoms with Gasteiger partial charge in [0.05, 0.1) is 0 Å². The lowest BCUT2D eigenvalue weighted by atomic mass is 9.79. The first-order valence-electron chi connectivity index (χ1n) is 7.14. The summed E-state index contributed by atoms with van der Waals surface area (Å²) in [6, 6.07) is 2.23. The van der Waals surface area contributed by atoms with Crippen molar-refractivity contribution >= 4 is 11.5 Å². The first-order valence-corrected chi connectivity index (χ1v) is 7.14. The van der Waals surface area contributed by atoms with Gasteiger partial charge in [0.25, 0.3) is 0 Å².